The molecule has 1 atom stereocenters. The van der Waals surface area contributed by atoms with Crippen LogP contribution >= 0.6 is 0 Å². The summed E-state index contributed by atoms with van der Waals surface area (Å²) in [5.74, 6) is -0.889. The lowest BCUT2D eigenvalue weighted by atomic mass is 10.0. The van der Waals surface area contributed by atoms with Crippen molar-refractivity contribution in [1.82, 2.24) is 0 Å². The maximum atomic E-state index is 13.0. The topological polar surface area (TPSA) is 78.9 Å². The van der Waals surface area contributed by atoms with Crippen molar-refractivity contribution in [3.05, 3.63) is 109 Å². The Bertz CT molecular complexity index is 1660. The fourth-order valence-electron chi connectivity index (χ4n) is 9.94. The minimum absolute atomic E-state index is 0.0841. The summed E-state index contributed by atoms with van der Waals surface area (Å²) in [5.41, 5.74) is 0. The molecule has 0 bridgehead atoms. The standard InChI is InChI=1S/C77H132O6/c1-4-7-10-13-16-19-22-25-28-30-32-34-36-37-38-39-41-42-44-46-49-52-55-58-61-64-67-70-76(79)82-73-74(72-81-75(78)69-66-63-60-57-54-51-48-27-24-21-18-15-12-9-6-3)83-77(80)71-68-65-62-59-56-53-50-47-45-43-40-35-33-31-29-26-23-20-17-14-11-8-5-2/h7,10,16,18-19,21,23,25-28,31-34,37-38,48,74H,4-6,8-9,11-15,17,20,22,24,29-30,35-36,39-47,49-73H2,1-3H3/b10-7-,19-16-,21-18-,26-23-,28-25-,33-31-,34-32-,38-37-,48-27-. The second-order valence-electron chi connectivity index (χ2n) is 23.4. The molecule has 0 aromatic carbocycles. The first-order chi connectivity index (χ1) is 41.0. The first kappa shape index (κ1) is 79.1. The van der Waals surface area contributed by atoms with E-state index in [0.717, 1.165) is 116 Å². The molecule has 0 N–H and O–H groups in total. The average Bonchev–Trinajstić information content (AvgIpc) is 3.49. The Kier molecular flexibility index (Phi) is 67.2. The van der Waals surface area contributed by atoms with E-state index in [2.05, 4.69) is 130 Å². The minimum atomic E-state index is -0.790. The van der Waals surface area contributed by atoms with Crippen LogP contribution in [0.15, 0.2) is 109 Å². The number of carbonyl (C=O) groups excluding carboxylic acids is 3. The molecule has 1 unspecified atom stereocenters. The molecule has 0 spiro atoms. The van der Waals surface area contributed by atoms with Gasteiger partial charge in [-0.2, -0.15) is 0 Å². The van der Waals surface area contributed by atoms with Crippen molar-refractivity contribution < 1.29 is 28.6 Å². The Hall–Kier alpha value is -3.93. The van der Waals surface area contributed by atoms with Gasteiger partial charge in [0.05, 0.1) is 0 Å². The number of carbonyl (C=O) groups is 3. The third-order valence-corrected chi connectivity index (χ3v) is 15.2. The number of rotatable bonds is 64. The van der Waals surface area contributed by atoms with Gasteiger partial charge >= 0.3 is 17.9 Å². The fourth-order valence-corrected chi connectivity index (χ4v) is 9.94. The van der Waals surface area contributed by atoms with Crippen molar-refractivity contribution in [2.45, 2.75) is 348 Å². The molecule has 0 heterocycles. The summed E-state index contributed by atoms with van der Waals surface area (Å²) in [6, 6.07) is 0. The molecule has 6 heteroatoms. The van der Waals surface area contributed by atoms with Crippen molar-refractivity contribution in [3.63, 3.8) is 0 Å². The largest absolute Gasteiger partial charge is 0.462 e. The second-order valence-corrected chi connectivity index (χ2v) is 23.4. The van der Waals surface area contributed by atoms with E-state index in [9.17, 15) is 14.4 Å². The number of hydrogen-bond donors (Lipinski definition) is 0. The SMILES string of the molecule is CC/C=C\C/C=C\C/C=C\C/C=C\C/C=C\CCCCCCCCCCCCCC(=O)OCC(COC(=O)CCCCCCC/C=C\C/C=C\CCCCC)OC(=O)CCCCCCCCCCCCC/C=C\C/C=C\CCCCCCC. The molecule has 476 valence electrons. The molecule has 0 fully saturated rings. The van der Waals surface area contributed by atoms with Gasteiger partial charge in [-0.05, 0) is 128 Å². The Morgan fingerprint density at radius 1 is 0.253 bits per heavy atom. The molecular formula is C77H132O6. The highest BCUT2D eigenvalue weighted by Crippen LogP contribution is 2.17. The Labute approximate surface area is 514 Å². The molecule has 0 saturated carbocycles. The Morgan fingerprint density at radius 2 is 0.470 bits per heavy atom. The number of allylic oxidation sites excluding steroid dienone is 18. The van der Waals surface area contributed by atoms with Crippen LogP contribution in [0.1, 0.15) is 342 Å². The lowest BCUT2D eigenvalue weighted by Gasteiger charge is -2.18. The maximum Gasteiger partial charge on any atom is 0.306 e. The van der Waals surface area contributed by atoms with Crippen LogP contribution in [0.3, 0.4) is 0 Å². The van der Waals surface area contributed by atoms with Crippen LogP contribution in [-0.2, 0) is 28.6 Å². The first-order valence-corrected chi connectivity index (χ1v) is 35.4. The summed E-state index contributed by atoms with van der Waals surface area (Å²) in [6.45, 7) is 6.51. The van der Waals surface area contributed by atoms with E-state index in [1.54, 1.807) is 0 Å². The highest BCUT2D eigenvalue weighted by Gasteiger charge is 2.19. The van der Waals surface area contributed by atoms with Gasteiger partial charge in [0, 0.05) is 19.3 Å². The van der Waals surface area contributed by atoms with Crippen LogP contribution in [-0.4, -0.2) is 37.2 Å². The van der Waals surface area contributed by atoms with Crippen LogP contribution in [0.5, 0.6) is 0 Å². The van der Waals surface area contributed by atoms with Gasteiger partial charge in [0.25, 0.3) is 0 Å². The van der Waals surface area contributed by atoms with Crippen molar-refractivity contribution in [1.29, 1.82) is 0 Å². The van der Waals surface area contributed by atoms with Crippen LogP contribution in [0.25, 0.3) is 0 Å². The predicted octanol–water partition coefficient (Wildman–Crippen LogP) is 24.6. The molecule has 0 rings (SSSR count). The third-order valence-electron chi connectivity index (χ3n) is 15.2. The molecule has 0 aliphatic rings. The molecule has 0 aliphatic heterocycles. The summed E-state index contributed by atoms with van der Waals surface area (Å²) in [7, 11) is 0. The highest BCUT2D eigenvalue weighted by molar-refractivity contribution is 5.71. The van der Waals surface area contributed by atoms with Crippen molar-refractivity contribution in [3.8, 4) is 0 Å². The van der Waals surface area contributed by atoms with E-state index < -0.39 is 6.10 Å². The number of esters is 3. The van der Waals surface area contributed by atoms with E-state index in [0.29, 0.717) is 19.3 Å². The number of unbranched alkanes of at least 4 members (excludes halogenated alkanes) is 35. The van der Waals surface area contributed by atoms with E-state index in [-0.39, 0.29) is 31.1 Å². The summed E-state index contributed by atoms with van der Waals surface area (Å²) in [6.07, 6.45) is 96.8. The van der Waals surface area contributed by atoms with Crippen LogP contribution < -0.4 is 0 Å². The van der Waals surface area contributed by atoms with Gasteiger partial charge in [-0.15, -0.1) is 0 Å². The van der Waals surface area contributed by atoms with E-state index in [1.807, 2.05) is 0 Å². The van der Waals surface area contributed by atoms with Gasteiger partial charge in [0.1, 0.15) is 13.2 Å². The first-order valence-electron chi connectivity index (χ1n) is 35.4. The van der Waals surface area contributed by atoms with Gasteiger partial charge in [0.15, 0.2) is 6.10 Å². The second kappa shape index (κ2) is 70.6. The van der Waals surface area contributed by atoms with Gasteiger partial charge in [-0.1, -0.05) is 304 Å². The van der Waals surface area contributed by atoms with E-state index in [1.165, 1.54) is 186 Å². The minimum Gasteiger partial charge on any atom is -0.462 e. The average molecular weight is 1150 g/mol. The normalized spacial score (nSPS) is 12.8. The smallest absolute Gasteiger partial charge is 0.306 e. The number of hydrogen-bond acceptors (Lipinski definition) is 6. The molecule has 83 heavy (non-hydrogen) atoms. The lowest BCUT2D eigenvalue weighted by molar-refractivity contribution is -0.167. The van der Waals surface area contributed by atoms with Gasteiger partial charge in [-0.3, -0.25) is 14.4 Å². The summed E-state index contributed by atoms with van der Waals surface area (Å²) in [5, 5.41) is 0. The van der Waals surface area contributed by atoms with E-state index >= 15 is 0 Å². The predicted molar refractivity (Wildman–Crippen MR) is 362 cm³/mol. The number of ether oxygens (including phenoxy) is 3. The Morgan fingerprint density at radius 3 is 0.759 bits per heavy atom. The fraction of sp³-hybridized carbons (Fsp3) is 0.727. The van der Waals surface area contributed by atoms with Gasteiger partial charge < -0.3 is 14.2 Å². The summed E-state index contributed by atoms with van der Waals surface area (Å²) in [4.78, 5) is 38.5. The van der Waals surface area contributed by atoms with Crippen LogP contribution in [0.4, 0.5) is 0 Å². The van der Waals surface area contributed by atoms with Crippen molar-refractivity contribution in [2.24, 2.45) is 0 Å². The highest BCUT2D eigenvalue weighted by atomic mass is 16.6. The molecular weight excluding hydrogens is 1020 g/mol. The molecule has 0 aromatic rings. The maximum absolute atomic E-state index is 13.0. The zero-order chi connectivity index (χ0) is 59.9. The molecule has 0 aromatic heterocycles. The van der Waals surface area contributed by atoms with Crippen LogP contribution in [0, 0.1) is 0 Å². The zero-order valence-electron chi connectivity index (χ0n) is 54.7. The molecule has 0 radical (unpaired) electrons. The molecule has 0 aliphatic carbocycles. The van der Waals surface area contributed by atoms with E-state index in [4.69, 9.17) is 14.2 Å². The summed E-state index contributed by atoms with van der Waals surface area (Å²) < 4.78 is 17.0. The zero-order valence-corrected chi connectivity index (χ0v) is 54.7. The lowest BCUT2D eigenvalue weighted by Crippen LogP contribution is -2.30. The summed E-state index contributed by atoms with van der Waals surface area (Å²) >= 11 is 0. The van der Waals surface area contributed by atoms with Crippen molar-refractivity contribution in [2.75, 3.05) is 13.2 Å². The molecule has 0 amide bonds. The third kappa shape index (κ3) is 68.7. The monoisotopic (exact) mass is 1150 g/mol. The Balaban J connectivity index is 4.34. The quantitative estimate of drug-likeness (QED) is 0.0261. The van der Waals surface area contributed by atoms with Gasteiger partial charge in [0.2, 0.25) is 0 Å². The van der Waals surface area contributed by atoms with Crippen molar-refractivity contribution >= 4 is 17.9 Å². The molecule has 6 nitrogen and oxygen atoms in total. The van der Waals surface area contributed by atoms with Crippen LogP contribution in [0.2, 0.25) is 0 Å². The van der Waals surface area contributed by atoms with Gasteiger partial charge in [-0.25, -0.2) is 0 Å². The molecule has 0 saturated heterocycles.